The summed E-state index contributed by atoms with van der Waals surface area (Å²) in [6.45, 7) is 0.375. The predicted molar refractivity (Wildman–Crippen MR) is 148 cm³/mol. The van der Waals surface area contributed by atoms with E-state index >= 15 is 0 Å². The largest absolute Gasteiger partial charge is 0.493 e. The first-order chi connectivity index (χ1) is 16.7. The van der Waals surface area contributed by atoms with Gasteiger partial charge in [0.1, 0.15) is 6.61 Å². The lowest BCUT2D eigenvalue weighted by Gasteiger charge is -2.14. The number of nitro groups is 1. The quantitative estimate of drug-likeness (QED) is 0.0925. The number of aliphatic imine (C=N–C) groups is 1. The number of rotatable bonds is 7. The van der Waals surface area contributed by atoms with Crippen LogP contribution in [-0.4, -0.2) is 23.9 Å². The van der Waals surface area contributed by atoms with Crippen LogP contribution < -0.4 is 9.47 Å². The highest BCUT2D eigenvalue weighted by Crippen LogP contribution is 2.36. The molecule has 35 heavy (non-hydrogen) atoms. The number of carbonyl (C=O) groups excluding carboxylic acids is 1. The molecule has 8 nitrogen and oxygen atoms in total. The summed E-state index contributed by atoms with van der Waals surface area (Å²) in [4.78, 5) is 27.0. The Hall–Kier alpha value is -2.71. The molecule has 178 valence electrons. The maximum absolute atomic E-state index is 12.4. The lowest BCUT2D eigenvalue weighted by molar-refractivity contribution is -0.384. The van der Waals surface area contributed by atoms with Gasteiger partial charge in [-0.15, -0.1) is 0 Å². The fraction of sp³-hybridized carbons (Fsp3) is 0.0833. The first kappa shape index (κ1) is 25.4. The molecule has 3 aromatic carbocycles. The van der Waals surface area contributed by atoms with Crippen molar-refractivity contribution in [3.8, 4) is 11.5 Å². The van der Waals surface area contributed by atoms with Gasteiger partial charge < -0.3 is 14.2 Å². The summed E-state index contributed by atoms with van der Waals surface area (Å²) in [5.41, 5.74) is 1.83. The summed E-state index contributed by atoms with van der Waals surface area (Å²) in [5, 5.41) is 11.0. The second-order valence-electron chi connectivity index (χ2n) is 7.21. The van der Waals surface area contributed by atoms with Crippen molar-refractivity contribution in [3.63, 3.8) is 0 Å². The third kappa shape index (κ3) is 5.93. The van der Waals surface area contributed by atoms with Crippen LogP contribution in [-0.2, 0) is 16.1 Å². The molecule has 0 unspecified atom stereocenters. The van der Waals surface area contributed by atoms with Crippen molar-refractivity contribution in [3.05, 3.63) is 99.3 Å². The molecule has 1 heterocycles. The van der Waals surface area contributed by atoms with Gasteiger partial charge in [-0.1, -0.05) is 23.7 Å². The lowest BCUT2D eigenvalue weighted by Crippen LogP contribution is -2.06. The summed E-state index contributed by atoms with van der Waals surface area (Å²) in [7, 11) is 1.54. The van der Waals surface area contributed by atoms with Gasteiger partial charge in [0.15, 0.2) is 17.2 Å². The van der Waals surface area contributed by atoms with Crippen LogP contribution >= 0.6 is 56.8 Å². The Morgan fingerprint density at radius 3 is 2.54 bits per heavy atom. The summed E-state index contributed by atoms with van der Waals surface area (Å²) < 4.78 is 18.7. The van der Waals surface area contributed by atoms with Gasteiger partial charge in [0, 0.05) is 15.7 Å². The molecular formula is C24H15ClI2N2O6. The third-order valence-corrected chi connectivity index (χ3v) is 6.70. The van der Waals surface area contributed by atoms with E-state index < -0.39 is 10.9 Å². The molecule has 11 heteroatoms. The number of methoxy groups -OCH3 is 1. The number of hydrogen-bond donors (Lipinski definition) is 0. The standard InChI is InChI=1S/C24H15ClI2N2O6/c1-33-21-10-14(8-19(27)22(21)34-12-13-2-4-15(26)5-3-13)9-20-24(30)35-23(28-20)17-7-6-16(29(31)32)11-18(17)25/h2-11H,12H2,1H3/b20-9-. The van der Waals surface area contributed by atoms with Gasteiger partial charge in [0.05, 0.1) is 26.2 Å². The number of esters is 1. The first-order valence-electron chi connectivity index (χ1n) is 9.97. The number of cyclic esters (lactones) is 1. The third-order valence-electron chi connectivity index (χ3n) is 4.87. The van der Waals surface area contributed by atoms with Gasteiger partial charge >= 0.3 is 5.97 Å². The van der Waals surface area contributed by atoms with Gasteiger partial charge in [-0.25, -0.2) is 9.79 Å². The zero-order valence-corrected chi connectivity index (χ0v) is 23.0. The molecule has 0 N–H and O–H groups in total. The van der Waals surface area contributed by atoms with E-state index in [4.69, 9.17) is 25.8 Å². The van der Waals surface area contributed by atoms with E-state index in [1.807, 2.05) is 30.3 Å². The van der Waals surface area contributed by atoms with E-state index in [-0.39, 0.29) is 27.9 Å². The van der Waals surface area contributed by atoms with Crippen LogP contribution in [0, 0.1) is 17.3 Å². The molecule has 4 rings (SSSR count). The van der Waals surface area contributed by atoms with E-state index in [2.05, 4.69) is 50.2 Å². The number of hydrogen-bond acceptors (Lipinski definition) is 7. The van der Waals surface area contributed by atoms with Gasteiger partial charge in [-0.2, -0.15) is 0 Å². The number of nitro benzene ring substituents is 1. The van der Waals surface area contributed by atoms with Gasteiger partial charge in [-0.3, -0.25) is 10.1 Å². The first-order valence-corrected chi connectivity index (χ1v) is 12.5. The Morgan fingerprint density at radius 1 is 1.14 bits per heavy atom. The van der Waals surface area contributed by atoms with Crippen molar-refractivity contribution < 1.29 is 23.9 Å². The fourth-order valence-electron chi connectivity index (χ4n) is 3.17. The van der Waals surface area contributed by atoms with E-state index in [1.165, 1.54) is 25.3 Å². The van der Waals surface area contributed by atoms with Crippen molar-refractivity contribution in [2.75, 3.05) is 7.11 Å². The van der Waals surface area contributed by atoms with Crippen molar-refractivity contribution in [1.82, 2.24) is 0 Å². The molecule has 0 saturated carbocycles. The van der Waals surface area contributed by atoms with Crippen LogP contribution in [0.5, 0.6) is 11.5 Å². The molecule has 0 bridgehead atoms. The average molecular weight is 717 g/mol. The van der Waals surface area contributed by atoms with Gasteiger partial charge in [-0.05, 0) is 92.7 Å². The van der Waals surface area contributed by atoms with Crippen molar-refractivity contribution in [2.24, 2.45) is 4.99 Å². The molecule has 1 aliphatic heterocycles. The molecule has 1 aliphatic rings. The summed E-state index contributed by atoms with van der Waals surface area (Å²) in [6, 6.07) is 15.4. The smallest absolute Gasteiger partial charge is 0.363 e. The van der Waals surface area contributed by atoms with Crippen molar-refractivity contribution in [2.45, 2.75) is 6.61 Å². The number of halogens is 3. The molecule has 0 atom stereocenters. The lowest BCUT2D eigenvalue weighted by atomic mass is 10.1. The van der Waals surface area contributed by atoms with E-state index in [0.717, 1.165) is 12.7 Å². The molecule has 0 spiro atoms. The highest BCUT2D eigenvalue weighted by atomic mass is 127. The van der Waals surface area contributed by atoms with Crippen molar-refractivity contribution in [1.29, 1.82) is 0 Å². The minimum absolute atomic E-state index is 0.0275. The van der Waals surface area contributed by atoms with E-state index in [9.17, 15) is 14.9 Å². The zero-order chi connectivity index (χ0) is 25.1. The van der Waals surface area contributed by atoms with Crippen LogP contribution in [0.25, 0.3) is 6.08 Å². The minimum Gasteiger partial charge on any atom is -0.493 e. The topological polar surface area (TPSA) is 100 Å². The highest BCUT2D eigenvalue weighted by Gasteiger charge is 2.27. The minimum atomic E-state index is -0.664. The van der Waals surface area contributed by atoms with Gasteiger partial charge in [0.25, 0.3) is 5.69 Å². The SMILES string of the molecule is COc1cc(/C=C2\N=C(c3ccc([N+](=O)[O-])cc3Cl)OC2=O)cc(I)c1OCc1ccc(I)cc1. The Morgan fingerprint density at radius 2 is 1.89 bits per heavy atom. The van der Waals surface area contributed by atoms with Crippen molar-refractivity contribution >= 4 is 80.4 Å². The number of nitrogens with zero attached hydrogens (tertiary/aromatic N) is 2. The Balaban J connectivity index is 1.59. The molecule has 3 aromatic rings. The molecule has 0 radical (unpaired) electrons. The molecule has 0 fully saturated rings. The number of non-ortho nitro benzene ring substituents is 1. The van der Waals surface area contributed by atoms with Crippen LogP contribution in [0.15, 0.2) is 65.3 Å². The van der Waals surface area contributed by atoms with Crippen LogP contribution in [0.4, 0.5) is 5.69 Å². The van der Waals surface area contributed by atoms with Gasteiger partial charge in [0.2, 0.25) is 5.90 Å². The summed E-state index contributed by atoms with van der Waals surface area (Å²) >= 11 is 10.5. The average Bonchev–Trinajstić information content (AvgIpc) is 3.18. The Bertz CT molecular complexity index is 1390. The Kier molecular flexibility index (Phi) is 7.91. The molecule has 0 amide bonds. The predicted octanol–water partition coefficient (Wildman–Crippen LogP) is 6.39. The van der Waals surface area contributed by atoms with E-state index in [0.29, 0.717) is 23.7 Å². The Labute approximate surface area is 232 Å². The summed E-state index contributed by atoms with van der Waals surface area (Å²) in [6.07, 6.45) is 1.56. The molecule has 0 saturated heterocycles. The maximum Gasteiger partial charge on any atom is 0.363 e. The molecule has 0 aliphatic carbocycles. The second kappa shape index (κ2) is 10.9. The highest BCUT2D eigenvalue weighted by molar-refractivity contribution is 14.1. The normalized spacial score (nSPS) is 14.0. The maximum atomic E-state index is 12.4. The number of ether oxygens (including phenoxy) is 3. The molecular weight excluding hydrogens is 702 g/mol. The fourth-order valence-corrected chi connectivity index (χ4v) is 4.57. The van der Waals surface area contributed by atoms with E-state index in [1.54, 1.807) is 12.1 Å². The second-order valence-corrected chi connectivity index (χ2v) is 10.0. The zero-order valence-electron chi connectivity index (χ0n) is 18.0. The van der Waals surface area contributed by atoms with Crippen LogP contribution in [0.1, 0.15) is 16.7 Å². The van der Waals surface area contributed by atoms with Crippen LogP contribution in [0.3, 0.4) is 0 Å². The number of carbonyl (C=O) groups is 1. The summed E-state index contributed by atoms with van der Waals surface area (Å²) in [5.74, 6) is 0.399. The van der Waals surface area contributed by atoms with Crippen LogP contribution in [0.2, 0.25) is 5.02 Å². The monoisotopic (exact) mass is 716 g/mol. The number of benzene rings is 3. The molecule has 0 aromatic heterocycles.